The van der Waals surface area contributed by atoms with Crippen molar-refractivity contribution in [2.75, 3.05) is 0 Å². The van der Waals surface area contributed by atoms with Gasteiger partial charge in [-0.15, -0.1) is 0 Å². The lowest BCUT2D eigenvalue weighted by Crippen LogP contribution is -2.39. The van der Waals surface area contributed by atoms with E-state index in [1.807, 2.05) is 111 Å². The molecular formula is C68H138. The van der Waals surface area contributed by atoms with Gasteiger partial charge in [0.2, 0.25) is 0 Å². The van der Waals surface area contributed by atoms with Gasteiger partial charge in [-0.25, -0.2) is 0 Å². The number of hydrogen-bond acceptors (Lipinski definition) is 0. The summed E-state index contributed by atoms with van der Waals surface area (Å²) in [6.45, 7) is 34.5. The Bertz CT molecular complexity index is 892. The Morgan fingerprint density at radius 2 is 0.338 bits per heavy atom. The van der Waals surface area contributed by atoms with Crippen molar-refractivity contribution in [2.24, 2.45) is 88.8 Å². The highest BCUT2D eigenvalue weighted by Gasteiger charge is 2.44. The standard InChI is InChI=1S/2C14H24.C13H22.C11H20.8C2H6/c2*1-3-7-13-11(5-1)9-10-12-6-2-4-8-14(12)13;1-4-10-6-2-8-12-9-3-7-11(5-1)13(10)12;1-9-5-4-7-10-6-2-3-8-11(9)10;8*1-2/h2*11-14H,1-10H2;10-13H,1-9H2;9-11H,2-8H2,1H3;8*1-2H3. The second kappa shape index (κ2) is 44.5. The summed E-state index contributed by atoms with van der Waals surface area (Å²) < 4.78 is 0. The molecule has 11 saturated carbocycles. The van der Waals surface area contributed by atoms with Gasteiger partial charge >= 0.3 is 0 Å². The van der Waals surface area contributed by atoms with E-state index >= 15 is 0 Å². The van der Waals surface area contributed by atoms with Crippen molar-refractivity contribution in [1.29, 1.82) is 0 Å². The molecule has 0 heteroatoms. The van der Waals surface area contributed by atoms with Crippen molar-refractivity contribution in [3.8, 4) is 0 Å². The van der Waals surface area contributed by atoms with Crippen LogP contribution in [0.4, 0.5) is 0 Å². The van der Waals surface area contributed by atoms with Crippen LogP contribution < -0.4 is 0 Å². The molecular weight excluding hydrogens is 817 g/mol. The first kappa shape index (κ1) is 68.0. The molecule has 0 aliphatic heterocycles. The zero-order valence-corrected chi connectivity index (χ0v) is 51.1. The fraction of sp³-hybridized carbons (Fsp3) is 1.00. The molecule has 11 atom stereocenters. The van der Waals surface area contributed by atoms with Crippen LogP contribution in [-0.4, -0.2) is 0 Å². The molecule has 11 rings (SSSR count). The normalized spacial score (nSPS) is 37.3. The summed E-state index contributed by atoms with van der Waals surface area (Å²) in [5, 5.41) is 0. The lowest BCUT2D eigenvalue weighted by Gasteiger charge is -2.49. The van der Waals surface area contributed by atoms with Crippen LogP contribution in [0, 0.1) is 88.8 Å². The first-order valence-electron chi connectivity index (χ1n) is 33.7. The van der Waals surface area contributed by atoms with E-state index in [1.54, 1.807) is 205 Å². The van der Waals surface area contributed by atoms with Crippen molar-refractivity contribution < 1.29 is 0 Å². The Labute approximate surface area is 435 Å². The Balaban J connectivity index is 0.000000802. The van der Waals surface area contributed by atoms with Gasteiger partial charge in [-0.1, -0.05) is 291 Å². The van der Waals surface area contributed by atoms with E-state index in [9.17, 15) is 0 Å². The third-order valence-electron chi connectivity index (χ3n) is 19.8. The van der Waals surface area contributed by atoms with Gasteiger partial charge in [-0.3, -0.25) is 0 Å². The van der Waals surface area contributed by atoms with Crippen LogP contribution in [0.25, 0.3) is 0 Å². The van der Waals surface area contributed by atoms with Crippen molar-refractivity contribution in [3.63, 3.8) is 0 Å². The predicted molar refractivity (Wildman–Crippen MR) is 315 cm³/mol. The van der Waals surface area contributed by atoms with Gasteiger partial charge in [-0.2, -0.15) is 0 Å². The highest BCUT2D eigenvalue weighted by Crippen LogP contribution is 2.54. The van der Waals surface area contributed by atoms with Crippen LogP contribution in [0.3, 0.4) is 0 Å². The molecule has 11 unspecified atom stereocenters. The molecule has 0 aromatic carbocycles. The molecule has 0 heterocycles. The summed E-state index contributed by atoms with van der Waals surface area (Å²) in [6.07, 6.45) is 56.2. The third kappa shape index (κ3) is 21.8. The van der Waals surface area contributed by atoms with E-state index in [1.165, 1.54) is 55.3 Å². The second-order valence-electron chi connectivity index (χ2n) is 22.3. The second-order valence-corrected chi connectivity index (χ2v) is 22.3. The Morgan fingerprint density at radius 1 is 0.162 bits per heavy atom. The molecule has 0 aromatic heterocycles. The van der Waals surface area contributed by atoms with E-state index in [4.69, 9.17) is 0 Å². The van der Waals surface area contributed by atoms with Gasteiger partial charge in [-0.05, 0) is 147 Å². The highest BCUT2D eigenvalue weighted by atomic mass is 14.5. The van der Waals surface area contributed by atoms with Gasteiger partial charge in [0.15, 0.2) is 0 Å². The summed E-state index contributed by atoms with van der Waals surface area (Å²) >= 11 is 0. The minimum Gasteiger partial charge on any atom is -0.0683 e. The minimum atomic E-state index is 1.05. The smallest absolute Gasteiger partial charge is 0.0329 e. The Morgan fingerprint density at radius 3 is 0.588 bits per heavy atom. The van der Waals surface area contributed by atoms with E-state index in [-0.39, 0.29) is 0 Å². The zero-order valence-electron chi connectivity index (χ0n) is 51.1. The third-order valence-corrected chi connectivity index (χ3v) is 19.8. The molecule has 68 heavy (non-hydrogen) atoms. The van der Waals surface area contributed by atoms with Crippen LogP contribution in [-0.2, 0) is 0 Å². The summed E-state index contributed by atoms with van der Waals surface area (Å²) in [7, 11) is 0. The molecule has 0 spiro atoms. The number of hydrogen-bond donors (Lipinski definition) is 0. The molecule has 11 aliphatic rings. The van der Waals surface area contributed by atoms with Crippen molar-refractivity contribution in [2.45, 2.75) is 349 Å². The first-order valence-corrected chi connectivity index (χ1v) is 33.7. The van der Waals surface area contributed by atoms with Gasteiger partial charge in [0, 0.05) is 0 Å². The predicted octanol–water partition coefficient (Wildman–Crippen LogP) is 24.6. The minimum absolute atomic E-state index is 1.05. The number of rotatable bonds is 0. The maximum absolute atomic E-state index is 2.47. The van der Waals surface area contributed by atoms with E-state index in [2.05, 4.69) is 6.92 Å². The van der Waals surface area contributed by atoms with Crippen molar-refractivity contribution >= 4 is 0 Å². The summed E-state index contributed by atoms with van der Waals surface area (Å²) in [5.41, 5.74) is 0. The molecule has 11 aliphatic carbocycles. The van der Waals surface area contributed by atoms with Crippen LogP contribution in [0.5, 0.6) is 0 Å². The molecule has 11 fully saturated rings. The summed E-state index contributed by atoms with van der Waals surface area (Å²) in [5.74, 6) is 17.3. The molecule has 0 amide bonds. The Kier molecular flexibility index (Phi) is 44.5. The quantitative estimate of drug-likeness (QED) is 0.227. The monoisotopic (exact) mass is 955 g/mol. The summed E-state index contributed by atoms with van der Waals surface area (Å²) in [6, 6.07) is 0. The molecule has 0 saturated heterocycles. The molecule has 0 aromatic rings. The average molecular weight is 956 g/mol. The van der Waals surface area contributed by atoms with Crippen molar-refractivity contribution in [3.05, 3.63) is 0 Å². The fourth-order valence-corrected chi connectivity index (χ4v) is 17.4. The lowest BCUT2D eigenvalue weighted by atomic mass is 9.56. The van der Waals surface area contributed by atoms with Crippen LogP contribution in [0.2, 0.25) is 0 Å². The zero-order chi connectivity index (χ0) is 51.1. The molecule has 410 valence electrons. The topological polar surface area (TPSA) is 0 Å². The van der Waals surface area contributed by atoms with Crippen LogP contribution >= 0.6 is 0 Å². The fourth-order valence-electron chi connectivity index (χ4n) is 17.4. The maximum atomic E-state index is 2.47. The lowest BCUT2D eigenvalue weighted by molar-refractivity contribution is 0.0123. The number of fused-ring (bicyclic) bond motifs is 7. The first-order chi connectivity index (χ1) is 33.7. The Hall–Kier alpha value is 0. The summed E-state index contributed by atoms with van der Waals surface area (Å²) in [4.78, 5) is 0. The van der Waals surface area contributed by atoms with E-state index in [0.29, 0.717) is 0 Å². The molecule has 0 radical (unpaired) electrons. The van der Waals surface area contributed by atoms with Gasteiger partial charge in [0.25, 0.3) is 0 Å². The highest BCUT2D eigenvalue weighted by molar-refractivity contribution is 4.94. The van der Waals surface area contributed by atoms with Gasteiger partial charge in [0.05, 0.1) is 0 Å². The largest absolute Gasteiger partial charge is 0.0683 e. The van der Waals surface area contributed by atoms with Gasteiger partial charge < -0.3 is 0 Å². The van der Waals surface area contributed by atoms with E-state index < -0.39 is 0 Å². The molecule has 0 nitrogen and oxygen atoms in total. The van der Waals surface area contributed by atoms with Gasteiger partial charge in [0.1, 0.15) is 0 Å². The van der Waals surface area contributed by atoms with Crippen LogP contribution in [0.1, 0.15) is 349 Å². The molecule has 0 bridgehead atoms. The van der Waals surface area contributed by atoms with E-state index in [0.717, 1.165) is 59.2 Å². The van der Waals surface area contributed by atoms with Crippen molar-refractivity contribution in [1.82, 2.24) is 0 Å². The SMILES string of the molecule is C1CC2CCCC3CCCC(C1)C23.C1CCC2C(C1)CCC1CCCCC12.C1CCC2C(C1)CCC1CCCCC12.CC.CC.CC.CC.CC.CC.CC.CC.CC1CCCC2CCCCC12. The average Bonchev–Trinajstić information content (AvgIpc) is 3.46. The van der Waals surface area contributed by atoms with Crippen LogP contribution in [0.15, 0.2) is 0 Å². The maximum Gasteiger partial charge on any atom is -0.0329 e. The molecule has 0 N–H and O–H groups in total.